The molecular weight excluding hydrogens is 220 g/mol. The highest BCUT2D eigenvalue weighted by Crippen LogP contribution is 2.20. The fourth-order valence-corrected chi connectivity index (χ4v) is 1.91. The Bertz CT molecular complexity index is 483. The molecule has 0 aliphatic rings. The molecule has 3 nitrogen and oxygen atoms in total. The maximum atomic E-state index is 11.2. The molecule has 2 aromatic rings. The average Bonchev–Trinajstić information content (AvgIpc) is 2.33. The summed E-state index contributed by atoms with van der Waals surface area (Å²) in [7, 11) is 0. The maximum absolute atomic E-state index is 11.2. The monoisotopic (exact) mass is 226 g/mol. The third-order valence-corrected chi connectivity index (χ3v) is 2.41. The molecule has 1 aromatic carbocycles. The van der Waals surface area contributed by atoms with Crippen molar-refractivity contribution in [1.29, 1.82) is 0 Å². The van der Waals surface area contributed by atoms with Gasteiger partial charge in [0.25, 0.3) is 5.56 Å². The van der Waals surface area contributed by atoms with E-state index in [1.165, 1.54) is 0 Å². The highest BCUT2D eigenvalue weighted by molar-refractivity contribution is 9.10. The summed E-state index contributed by atoms with van der Waals surface area (Å²) in [5.41, 5.74) is 1.82. The van der Waals surface area contributed by atoms with Crippen LogP contribution in [0.5, 0.6) is 0 Å². The predicted octanol–water partition coefficient (Wildman–Crippen LogP) is 1.93. The summed E-state index contributed by atoms with van der Waals surface area (Å²) in [5.74, 6) is 0. The minimum Gasteiger partial charge on any atom is -0.296 e. The average molecular weight is 227 g/mol. The van der Waals surface area contributed by atoms with E-state index >= 15 is 0 Å². The molecule has 0 radical (unpaired) electrons. The van der Waals surface area contributed by atoms with Gasteiger partial charge < -0.3 is 0 Å². The van der Waals surface area contributed by atoms with Crippen molar-refractivity contribution in [3.05, 3.63) is 32.5 Å². The zero-order valence-electron chi connectivity index (χ0n) is 6.44. The van der Waals surface area contributed by atoms with Gasteiger partial charge in [0.15, 0.2) is 0 Å². The van der Waals surface area contributed by atoms with Crippen LogP contribution in [0.4, 0.5) is 0 Å². The third kappa shape index (κ3) is 0.992. The molecule has 0 aliphatic carbocycles. The van der Waals surface area contributed by atoms with Gasteiger partial charge >= 0.3 is 0 Å². The second kappa shape index (κ2) is 2.48. The normalized spacial score (nSPS) is 10.8. The predicted molar refractivity (Wildman–Crippen MR) is 51.4 cm³/mol. The number of nitrogens with one attached hydrogen (secondary N) is 2. The van der Waals surface area contributed by atoms with Crippen molar-refractivity contribution in [2.75, 3.05) is 0 Å². The van der Waals surface area contributed by atoms with Gasteiger partial charge in [-0.15, -0.1) is 0 Å². The number of aromatic amines is 2. The maximum Gasteiger partial charge on any atom is 0.271 e. The van der Waals surface area contributed by atoms with Crippen LogP contribution in [0.25, 0.3) is 10.9 Å². The lowest BCUT2D eigenvalue weighted by atomic mass is 10.2. The van der Waals surface area contributed by atoms with E-state index < -0.39 is 0 Å². The minimum absolute atomic E-state index is 0.0746. The van der Waals surface area contributed by atoms with Crippen molar-refractivity contribution >= 4 is 26.8 Å². The lowest BCUT2D eigenvalue weighted by molar-refractivity contribution is 1.08. The molecule has 0 atom stereocenters. The van der Waals surface area contributed by atoms with Gasteiger partial charge in [-0.25, -0.2) is 0 Å². The molecule has 1 heterocycles. The number of hydrogen-bond acceptors (Lipinski definition) is 1. The molecule has 0 saturated heterocycles. The number of aryl methyl sites for hydroxylation is 1. The lowest BCUT2D eigenvalue weighted by Crippen LogP contribution is -1.97. The number of halogens is 1. The number of hydrogen-bond donors (Lipinski definition) is 2. The molecule has 0 amide bonds. The van der Waals surface area contributed by atoms with E-state index in [1.807, 2.05) is 19.1 Å². The van der Waals surface area contributed by atoms with Crippen LogP contribution in [-0.2, 0) is 0 Å². The Balaban J connectivity index is 3.02. The summed E-state index contributed by atoms with van der Waals surface area (Å²) >= 11 is 3.37. The quantitative estimate of drug-likeness (QED) is 0.709. The smallest absolute Gasteiger partial charge is 0.271 e. The first kappa shape index (κ1) is 7.61. The van der Waals surface area contributed by atoms with Crippen molar-refractivity contribution < 1.29 is 0 Å². The Labute approximate surface area is 76.9 Å². The SMILES string of the molecule is Cc1cc(Br)c2[nH][nH]c(=O)c2c1. The molecule has 12 heavy (non-hydrogen) atoms. The zero-order valence-corrected chi connectivity index (χ0v) is 8.03. The zero-order chi connectivity index (χ0) is 8.72. The fraction of sp³-hybridized carbons (Fsp3) is 0.125. The lowest BCUT2D eigenvalue weighted by Gasteiger charge is -1.94. The first-order chi connectivity index (χ1) is 5.68. The Morgan fingerprint density at radius 1 is 1.33 bits per heavy atom. The van der Waals surface area contributed by atoms with Crippen molar-refractivity contribution in [2.45, 2.75) is 6.92 Å². The third-order valence-electron chi connectivity index (χ3n) is 1.78. The number of aromatic nitrogens is 2. The van der Waals surface area contributed by atoms with Gasteiger partial charge in [0, 0.05) is 4.47 Å². The van der Waals surface area contributed by atoms with Gasteiger partial charge in [-0.05, 0) is 40.5 Å². The van der Waals surface area contributed by atoms with E-state index in [1.54, 1.807) is 0 Å². The van der Waals surface area contributed by atoms with Gasteiger partial charge in [0.1, 0.15) is 0 Å². The van der Waals surface area contributed by atoms with E-state index in [2.05, 4.69) is 26.1 Å². The molecule has 0 aliphatic heterocycles. The van der Waals surface area contributed by atoms with Crippen LogP contribution in [0, 0.1) is 6.92 Å². The second-order valence-electron chi connectivity index (χ2n) is 2.75. The molecule has 1 aromatic heterocycles. The van der Waals surface area contributed by atoms with Crippen molar-refractivity contribution in [2.24, 2.45) is 0 Å². The van der Waals surface area contributed by atoms with Gasteiger partial charge in [0.2, 0.25) is 0 Å². The minimum atomic E-state index is -0.0746. The van der Waals surface area contributed by atoms with Crippen molar-refractivity contribution in [1.82, 2.24) is 10.2 Å². The molecule has 2 N–H and O–H groups in total. The summed E-state index contributed by atoms with van der Waals surface area (Å²) < 4.78 is 0.913. The van der Waals surface area contributed by atoms with Crippen LogP contribution in [0.15, 0.2) is 21.4 Å². The highest BCUT2D eigenvalue weighted by Gasteiger charge is 2.04. The van der Waals surface area contributed by atoms with E-state index in [0.29, 0.717) is 5.39 Å². The number of benzene rings is 1. The molecule has 62 valence electrons. The fourth-order valence-electron chi connectivity index (χ4n) is 1.23. The summed E-state index contributed by atoms with van der Waals surface area (Å²) in [4.78, 5) is 11.2. The van der Waals surface area contributed by atoms with Gasteiger partial charge in [-0.3, -0.25) is 15.0 Å². The van der Waals surface area contributed by atoms with Crippen molar-refractivity contribution in [3.63, 3.8) is 0 Å². The van der Waals surface area contributed by atoms with Gasteiger partial charge in [-0.2, -0.15) is 0 Å². The highest BCUT2D eigenvalue weighted by atomic mass is 79.9. The van der Waals surface area contributed by atoms with Crippen LogP contribution in [0.3, 0.4) is 0 Å². The Morgan fingerprint density at radius 3 is 2.83 bits per heavy atom. The molecule has 0 bridgehead atoms. The van der Waals surface area contributed by atoms with Crippen molar-refractivity contribution in [3.8, 4) is 0 Å². The van der Waals surface area contributed by atoms with E-state index in [9.17, 15) is 4.79 Å². The molecule has 0 unspecified atom stereocenters. The largest absolute Gasteiger partial charge is 0.296 e. The molecule has 4 heteroatoms. The molecule has 0 saturated carbocycles. The summed E-state index contributed by atoms with van der Waals surface area (Å²) in [5, 5.41) is 6.03. The van der Waals surface area contributed by atoms with E-state index in [0.717, 1.165) is 15.6 Å². The molecule has 0 spiro atoms. The molecular formula is C8H7BrN2O. The second-order valence-corrected chi connectivity index (χ2v) is 3.60. The molecule has 2 rings (SSSR count). The van der Waals surface area contributed by atoms with E-state index in [4.69, 9.17) is 0 Å². The standard InChI is InChI=1S/C8H7BrN2O/c1-4-2-5-7(6(9)3-4)10-11-8(5)12/h2-3H,1H3,(H2,10,11,12). The van der Waals surface area contributed by atoms with Crippen LogP contribution >= 0.6 is 15.9 Å². The van der Waals surface area contributed by atoms with Crippen LogP contribution in [0.1, 0.15) is 5.56 Å². The first-order valence-corrected chi connectivity index (χ1v) is 4.34. The number of rotatable bonds is 0. The summed E-state index contributed by atoms with van der Waals surface area (Å²) in [6.45, 7) is 1.96. The molecule has 0 fully saturated rings. The van der Waals surface area contributed by atoms with Gasteiger partial charge in [-0.1, -0.05) is 0 Å². The van der Waals surface area contributed by atoms with E-state index in [-0.39, 0.29) is 5.56 Å². The van der Waals surface area contributed by atoms with Crippen LogP contribution in [-0.4, -0.2) is 10.2 Å². The summed E-state index contributed by atoms with van der Waals surface area (Å²) in [6, 6.07) is 3.82. The van der Waals surface area contributed by atoms with Gasteiger partial charge in [0.05, 0.1) is 10.9 Å². The first-order valence-electron chi connectivity index (χ1n) is 3.55. The Hall–Kier alpha value is -1.03. The van der Waals surface area contributed by atoms with Crippen LogP contribution < -0.4 is 5.56 Å². The number of H-pyrrole nitrogens is 2. The van der Waals surface area contributed by atoms with Crippen LogP contribution in [0.2, 0.25) is 0 Å². The topological polar surface area (TPSA) is 48.6 Å². The number of fused-ring (bicyclic) bond motifs is 1. The summed E-state index contributed by atoms with van der Waals surface area (Å²) in [6.07, 6.45) is 0. The Kier molecular flexibility index (Phi) is 1.58. The Morgan fingerprint density at radius 2 is 2.08 bits per heavy atom.